The molecule has 0 aliphatic rings. The minimum atomic E-state index is -4.69. The monoisotopic (exact) mass is 307 g/mol. The average molecular weight is 307 g/mol. The quantitative estimate of drug-likeness (QED) is 0.809. The van der Waals surface area contributed by atoms with E-state index in [1.165, 1.54) is 12.1 Å². The fraction of sp³-hybridized carbons (Fsp3) is 0.571. The lowest BCUT2D eigenvalue weighted by Crippen LogP contribution is -2.38. The van der Waals surface area contributed by atoms with Gasteiger partial charge in [-0.2, -0.15) is 0 Å². The Morgan fingerprint density at radius 1 is 1.10 bits per heavy atom. The fourth-order valence-electron chi connectivity index (χ4n) is 1.97. The minimum absolute atomic E-state index is 0.147. The topological polar surface area (TPSA) is 52.9 Å². The van der Waals surface area contributed by atoms with Gasteiger partial charge in [-0.05, 0) is 24.7 Å². The molecular weight excluding hydrogens is 287 g/mol. The summed E-state index contributed by atoms with van der Waals surface area (Å²) in [4.78, 5) is 1.88. The Labute approximate surface area is 121 Å². The summed E-state index contributed by atoms with van der Waals surface area (Å²) in [5, 5.41) is 18.5. The summed E-state index contributed by atoms with van der Waals surface area (Å²) in [6.07, 6.45) is -4.69. The Morgan fingerprint density at radius 2 is 1.62 bits per heavy atom. The molecule has 0 unspecified atom stereocenters. The van der Waals surface area contributed by atoms with E-state index in [1.807, 2.05) is 11.9 Å². The first-order chi connectivity index (χ1) is 9.67. The maximum absolute atomic E-state index is 12.0. The summed E-state index contributed by atoms with van der Waals surface area (Å²) in [5.74, 6) is -0.260. The number of aliphatic hydroxyl groups is 2. The van der Waals surface area contributed by atoms with Crippen molar-refractivity contribution >= 4 is 0 Å². The van der Waals surface area contributed by atoms with Gasteiger partial charge in [-0.25, -0.2) is 0 Å². The summed E-state index contributed by atoms with van der Waals surface area (Å²) in [5.41, 5.74) is 0.193. The molecule has 1 aromatic carbocycles. The maximum atomic E-state index is 12.0. The van der Waals surface area contributed by atoms with Crippen molar-refractivity contribution in [2.45, 2.75) is 19.8 Å². The van der Waals surface area contributed by atoms with Gasteiger partial charge in [0.2, 0.25) is 0 Å². The second-order valence-corrected chi connectivity index (χ2v) is 5.49. The lowest BCUT2D eigenvalue weighted by Gasteiger charge is -2.30. The van der Waals surface area contributed by atoms with E-state index in [2.05, 4.69) is 4.74 Å². The van der Waals surface area contributed by atoms with Gasteiger partial charge in [0, 0.05) is 18.5 Å². The molecule has 1 rings (SSSR count). The smallest absolute Gasteiger partial charge is 0.406 e. The minimum Gasteiger partial charge on any atom is -0.406 e. The zero-order valence-corrected chi connectivity index (χ0v) is 12.0. The van der Waals surface area contributed by atoms with Crippen molar-refractivity contribution in [2.75, 3.05) is 26.8 Å². The Balaban J connectivity index is 2.59. The van der Waals surface area contributed by atoms with Crippen LogP contribution in [0.15, 0.2) is 24.3 Å². The molecule has 4 nitrogen and oxygen atoms in total. The number of benzene rings is 1. The molecule has 120 valence electrons. The van der Waals surface area contributed by atoms with Crippen LogP contribution < -0.4 is 4.74 Å². The Morgan fingerprint density at radius 3 is 2.05 bits per heavy atom. The van der Waals surface area contributed by atoms with E-state index < -0.39 is 11.8 Å². The molecular formula is C14H20F3NO3. The third-order valence-electron chi connectivity index (χ3n) is 3.02. The number of hydrogen-bond donors (Lipinski definition) is 2. The van der Waals surface area contributed by atoms with E-state index in [0.29, 0.717) is 13.1 Å². The normalized spacial score (nSPS) is 12.8. The van der Waals surface area contributed by atoms with Crippen LogP contribution in [0.25, 0.3) is 0 Å². The van der Waals surface area contributed by atoms with Crippen LogP contribution in [-0.4, -0.2) is 48.3 Å². The van der Waals surface area contributed by atoms with Gasteiger partial charge in [0.05, 0.1) is 13.2 Å². The van der Waals surface area contributed by atoms with Crippen molar-refractivity contribution in [3.63, 3.8) is 0 Å². The summed E-state index contributed by atoms with van der Waals surface area (Å²) >= 11 is 0. The summed E-state index contributed by atoms with van der Waals surface area (Å²) in [7, 11) is 1.81. The van der Waals surface area contributed by atoms with Gasteiger partial charge in [-0.15, -0.1) is 13.2 Å². The first-order valence-corrected chi connectivity index (χ1v) is 6.42. The summed E-state index contributed by atoms with van der Waals surface area (Å²) in [6.45, 7) is 2.41. The van der Waals surface area contributed by atoms with E-state index in [0.717, 1.165) is 5.56 Å². The van der Waals surface area contributed by atoms with Crippen molar-refractivity contribution < 1.29 is 28.1 Å². The highest BCUT2D eigenvalue weighted by Crippen LogP contribution is 2.23. The molecule has 0 atom stereocenters. The van der Waals surface area contributed by atoms with Crippen LogP contribution in [0.1, 0.15) is 12.5 Å². The number of hydrogen-bond acceptors (Lipinski definition) is 4. The standard InChI is InChI=1S/C14H20F3NO3/c1-13(9-19,10-20)8-18(2)7-11-3-5-12(6-4-11)21-14(15,16)17/h3-6,19-20H,7-10H2,1-2H3. The van der Waals surface area contributed by atoms with Crippen molar-refractivity contribution in [2.24, 2.45) is 5.41 Å². The number of rotatable bonds is 7. The first kappa shape index (κ1) is 17.7. The van der Waals surface area contributed by atoms with Gasteiger partial charge < -0.3 is 19.8 Å². The lowest BCUT2D eigenvalue weighted by molar-refractivity contribution is -0.274. The largest absolute Gasteiger partial charge is 0.573 e. The van der Waals surface area contributed by atoms with Crippen LogP contribution in [0.4, 0.5) is 13.2 Å². The Bertz CT molecular complexity index is 430. The van der Waals surface area contributed by atoms with E-state index in [1.54, 1.807) is 19.1 Å². The van der Waals surface area contributed by atoms with Gasteiger partial charge >= 0.3 is 6.36 Å². The molecule has 0 spiro atoms. The Kier molecular flexibility index (Phi) is 6.00. The van der Waals surface area contributed by atoms with Crippen molar-refractivity contribution in [3.8, 4) is 5.75 Å². The molecule has 0 aliphatic heterocycles. The highest BCUT2D eigenvalue weighted by Gasteiger charge is 2.31. The third kappa shape index (κ3) is 6.33. The van der Waals surface area contributed by atoms with Crippen LogP contribution in [-0.2, 0) is 6.54 Å². The first-order valence-electron chi connectivity index (χ1n) is 6.42. The molecule has 0 saturated heterocycles. The van der Waals surface area contributed by atoms with Crippen molar-refractivity contribution in [3.05, 3.63) is 29.8 Å². The molecule has 0 bridgehead atoms. The SMILES string of the molecule is CN(Cc1ccc(OC(F)(F)F)cc1)CC(C)(CO)CO. The van der Waals surface area contributed by atoms with Crippen LogP contribution in [0.2, 0.25) is 0 Å². The summed E-state index contributed by atoms with van der Waals surface area (Å²) < 4.78 is 39.9. The van der Waals surface area contributed by atoms with Gasteiger partial charge in [0.1, 0.15) is 5.75 Å². The molecule has 0 amide bonds. The van der Waals surface area contributed by atoms with Crippen molar-refractivity contribution in [1.82, 2.24) is 4.90 Å². The predicted molar refractivity (Wildman–Crippen MR) is 71.7 cm³/mol. The van der Waals surface area contributed by atoms with E-state index in [-0.39, 0.29) is 19.0 Å². The number of halogens is 3. The Hall–Kier alpha value is -1.31. The second kappa shape index (κ2) is 7.11. The number of aliphatic hydroxyl groups excluding tert-OH is 2. The highest BCUT2D eigenvalue weighted by atomic mass is 19.4. The maximum Gasteiger partial charge on any atom is 0.573 e. The molecule has 0 radical (unpaired) electrons. The highest BCUT2D eigenvalue weighted by molar-refractivity contribution is 5.27. The third-order valence-corrected chi connectivity index (χ3v) is 3.02. The lowest BCUT2D eigenvalue weighted by atomic mass is 9.92. The zero-order chi connectivity index (χ0) is 16.1. The van der Waals surface area contributed by atoms with E-state index in [9.17, 15) is 23.4 Å². The van der Waals surface area contributed by atoms with Gasteiger partial charge in [0.25, 0.3) is 0 Å². The van der Waals surface area contributed by atoms with Crippen LogP contribution in [0.5, 0.6) is 5.75 Å². The molecule has 21 heavy (non-hydrogen) atoms. The molecule has 0 fully saturated rings. The molecule has 1 aromatic rings. The van der Waals surface area contributed by atoms with Crippen molar-refractivity contribution in [1.29, 1.82) is 0 Å². The molecule has 7 heteroatoms. The predicted octanol–water partition coefficient (Wildman–Crippen LogP) is 2.01. The molecule has 0 aliphatic carbocycles. The van der Waals surface area contributed by atoms with Gasteiger partial charge in [0.15, 0.2) is 0 Å². The number of alkyl halides is 3. The van der Waals surface area contributed by atoms with Gasteiger partial charge in [-0.3, -0.25) is 0 Å². The average Bonchev–Trinajstić information content (AvgIpc) is 2.39. The van der Waals surface area contributed by atoms with Crippen LogP contribution in [0.3, 0.4) is 0 Å². The molecule has 0 heterocycles. The number of ether oxygens (including phenoxy) is 1. The van der Waals surface area contributed by atoms with Crippen LogP contribution >= 0.6 is 0 Å². The van der Waals surface area contributed by atoms with E-state index in [4.69, 9.17) is 0 Å². The second-order valence-electron chi connectivity index (χ2n) is 5.49. The zero-order valence-electron chi connectivity index (χ0n) is 12.0. The molecule has 2 N–H and O–H groups in total. The fourth-order valence-corrected chi connectivity index (χ4v) is 1.97. The van der Waals surface area contributed by atoms with Crippen LogP contribution in [0, 0.1) is 5.41 Å². The molecule has 0 saturated carbocycles. The van der Waals surface area contributed by atoms with E-state index >= 15 is 0 Å². The number of nitrogens with zero attached hydrogens (tertiary/aromatic N) is 1. The van der Waals surface area contributed by atoms with Gasteiger partial charge in [-0.1, -0.05) is 19.1 Å². The molecule has 0 aromatic heterocycles. The summed E-state index contributed by atoms with van der Waals surface area (Å²) in [6, 6.07) is 5.61.